The fourth-order valence-electron chi connectivity index (χ4n) is 5.91. The lowest BCUT2D eigenvalue weighted by Gasteiger charge is -2.27. The van der Waals surface area contributed by atoms with E-state index in [9.17, 15) is 33.9 Å². The number of aliphatic hydroxyl groups is 1. The van der Waals surface area contributed by atoms with Crippen LogP contribution in [-0.2, 0) is 35.1 Å². The first-order valence-corrected chi connectivity index (χ1v) is 19.1. The molecule has 2 aromatic rings. The molecule has 1 aliphatic rings. The van der Waals surface area contributed by atoms with E-state index in [0.29, 0.717) is 24.9 Å². The maximum atomic E-state index is 13.4. The van der Waals surface area contributed by atoms with Gasteiger partial charge in [0.05, 0.1) is 18.8 Å². The first-order valence-electron chi connectivity index (χ1n) is 19.1. The van der Waals surface area contributed by atoms with E-state index in [0.717, 1.165) is 30.4 Å². The molecule has 7 unspecified atom stereocenters. The Balaban J connectivity index is 1.61. The lowest BCUT2D eigenvalue weighted by Crippen LogP contribution is -2.60. The number of aryl methyl sites for hydroxylation is 1. The van der Waals surface area contributed by atoms with Gasteiger partial charge in [0.1, 0.15) is 29.8 Å². The van der Waals surface area contributed by atoms with Gasteiger partial charge in [-0.2, -0.15) is 0 Å². The number of nitrogens with two attached hydrogens (primary N) is 2. The average molecular weight is 766 g/mol. The molecule has 1 heterocycles. The Labute approximate surface area is 323 Å². The van der Waals surface area contributed by atoms with Crippen LogP contribution in [0.2, 0.25) is 0 Å². The Morgan fingerprint density at radius 1 is 0.709 bits per heavy atom. The van der Waals surface area contributed by atoms with Crippen LogP contribution in [-0.4, -0.2) is 102 Å². The third kappa shape index (κ3) is 13.5. The number of ether oxygens (including phenoxy) is 1. The Morgan fingerprint density at radius 2 is 1.27 bits per heavy atom. The van der Waals surface area contributed by atoms with Crippen molar-refractivity contribution in [3.63, 3.8) is 0 Å². The summed E-state index contributed by atoms with van der Waals surface area (Å²) in [4.78, 5) is 78.8. The van der Waals surface area contributed by atoms with Gasteiger partial charge in [0.15, 0.2) is 5.78 Å². The topological polar surface area (TPSA) is 247 Å². The molecular weight excluding hydrogens is 706 g/mol. The predicted molar refractivity (Wildman–Crippen MR) is 208 cm³/mol. The van der Waals surface area contributed by atoms with E-state index < -0.39 is 71.5 Å². The van der Waals surface area contributed by atoms with E-state index in [1.165, 1.54) is 26.3 Å². The predicted octanol–water partition coefficient (Wildman–Crippen LogP) is 0.990. The zero-order valence-electron chi connectivity index (χ0n) is 32.6. The summed E-state index contributed by atoms with van der Waals surface area (Å²) in [5.74, 6) is -3.75. The molecule has 1 aliphatic heterocycles. The minimum atomic E-state index is -1.51. The van der Waals surface area contributed by atoms with Gasteiger partial charge in [-0.1, -0.05) is 49.7 Å². The van der Waals surface area contributed by atoms with Crippen molar-refractivity contribution in [1.29, 1.82) is 0 Å². The second-order valence-electron chi connectivity index (χ2n) is 14.4. The van der Waals surface area contributed by atoms with Crippen molar-refractivity contribution in [2.24, 2.45) is 11.5 Å². The van der Waals surface area contributed by atoms with Crippen LogP contribution in [0.1, 0.15) is 89.1 Å². The third-order valence-electron chi connectivity index (χ3n) is 9.58. The van der Waals surface area contributed by atoms with E-state index in [2.05, 4.69) is 45.6 Å². The quantitative estimate of drug-likeness (QED) is 0.0589. The van der Waals surface area contributed by atoms with Crippen LogP contribution in [0.3, 0.4) is 0 Å². The van der Waals surface area contributed by atoms with Gasteiger partial charge in [0.2, 0.25) is 23.6 Å². The number of hydrogen-bond donors (Lipinski definition) is 8. The Morgan fingerprint density at radius 3 is 1.82 bits per heavy atom. The molecule has 3 rings (SSSR count). The average Bonchev–Trinajstić information content (AvgIpc) is 3.92. The normalized spacial score (nSPS) is 18.0. The zero-order valence-corrected chi connectivity index (χ0v) is 32.6. The van der Waals surface area contributed by atoms with Gasteiger partial charge in [-0.15, -0.1) is 0 Å². The maximum Gasteiger partial charge on any atom is 0.251 e. The number of ketones is 1. The minimum Gasteiger partial charge on any atom is -0.391 e. The molecule has 55 heavy (non-hydrogen) atoms. The maximum absolute atomic E-state index is 13.4. The summed E-state index contributed by atoms with van der Waals surface area (Å²) in [6.07, 6.45) is 3.24. The van der Waals surface area contributed by atoms with Gasteiger partial charge in [-0.3, -0.25) is 28.8 Å². The summed E-state index contributed by atoms with van der Waals surface area (Å²) in [5, 5.41) is 23.3. The monoisotopic (exact) mass is 765 g/mol. The second-order valence-corrected chi connectivity index (χ2v) is 14.4. The first-order chi connectivity index (χ1) is 26.1. The van der Waals surface area contributed by atoms with E-state index in [1.807, 2.05) is 24.3 Å². The minimum absolute atomic E-state index is 0.0361. The van der Waals surface area contributed by atoms with Crippen LogP contribution in [0.5, 0.6) is 0 Å². The molecule has 1 saturated heterocycles. The highest BCUT2D eigenvalue weighted by Crippen LogP contribution is 2.28. The summed E-state index contributed by atoms with van der Waals surface area (Å²) < 4.78 is 5.19. The smallest absolute Gasteiger partial charge is 0.251 e. The number of Topliss-reactive ketones (excluding diaryl/α,β-unsaturated/α-hetero) is 1. The molecule has 15 heteroatoms. The molecule has 0 spiro atoms. The van der Waals surface area contributed by atoms with Crippen LogP contribution in [0, 0.1) is 0 Å². The van der Waals surface area contributed by atoms with Gasteiger partial charge >= 0.3 is 0 Å². The molecule has 0 aliphatic carbocycles. The van der Waals surface area contributed by atoms with Gasteiger partial charge in [-0.25, -0.2) is 0 Å². The molecule has 5 amide bonds. The number of carbonyl (C=O) groups excluding carboxylic acids is 6. The standard InChI is InChI=1S/C40H59N7O8/c1-6-7-10-27-12-14-28(15-13-27)29-16-18-30(19-17-29)36(51)46-32(20-22-42)38(53)47-33(26(4)48)39(54)44-25(3)35(50)45-31(11-8-9-21-41)37(52)43-24(2)34(49)40(5)23-55-40/h12-19,24-26,31-33,48H,6-11,20-23,41-42H2,1-5H3,(H,43,52)(H,44,54)(H,45,50)(H,46,51)(H,47,53). The summed E-state index contributed by atoms with van der Waals surface area (Å²) >= 11 is 0. The Bertz CT molecular complexity index is 1610. The molecule has 0 saturated carbocycles. The number of nitrogens with one attached hydrogen (secondary N) is 5. The SMILES string of the molecule is CCCCc1ccc(-c2ccc(C(=O)NC(CCN)C(=O)NC(C(=O)NC(C)C(=O)NC(CCCCN)C(=O)NC(C)C(=O)C3(C)CO3)C(C)O)cc2)cc1. The van der Waals surface area contributed by atoms with Crippen LogP contribution < -0.4 is 38.1 Å². The van der Waals surface area contributed by atoms with Crippen molar-refractivity contribution in [1.82, 2.24) is 26.6 Å². The van der Waals surface area contributed by atoms with Crippen molar-refractivity contribution in [2.45, 2.75) is 121 Å². The summed E-state index contributed by atoms with van der Waals surface area (Å²) in [6, 6.07) is 9.49. The van der Waals surface area contributed by atoms with Crippen molar-refractivity contribution in [3.8, 4) is 11.1 Å². The van der Waals surface area contributed by atoms with Crippen LogP contribution in [0.25, 0.3) is 11.1 Å². The third-order valence-corrected chi connectivity index (χ3v) is 9.58. The van der Waals surface area contributed by atoms with Gasteiger partial charge < -0.3 is 47.9 Å². The van der Waals surface area contributed by atoms with E-state index in [4.69, 9.17) is 16.2 Å². The highest BCUT2D eigenvalue weighted by atomic mass is 16.6. The fraction of sp³-hybridized carbons (Fsp3) is 0.550. The number of carbonyl (C=O) groups is 6. The molecule has 0 aromatic heterocycles. The van der Waals surface area contributed by atoms with Crippen molar-refractivity contribution in [2.75, 3.05) is 19.7 Å². The number of benzene rings is 2. The molecule has 15 nitrogen and oxygen atoms in total. The molecule has 1 fully saturated rings. The fourth-order valence-corrected chi connectivity index (χ4v) is 5.91. The number of rotatable bonds is 23. The Kier molecular flexibility index (Phi) is 17.4. The largest absolute Gasteiger partial charge is 0.391 e. The van der Waals surface area contributed by atoms with Crippen molar-refractivity contribution in [3.05, 3.63) is 59.7 Å². The number of aliphatic hydroxyl groups excluding tert-OH is 1. The molecule has 10 N–H and O–H groups in total. The van der Waals surface area contributed by atoms with Crippen molar-refractivity contribution >= 4 is 35.3 Å². The van der Waals surface area contributed by atoms with Gasteiger partial charge in [-0.05, 0) is 108 Å². The molecule has 0 bridgehead atoms. The summed E-state index contributed by atoms with van der Waals surface area (Å²) in [5.41, 5.74) is 13.9. The molecule has 302 valence electrons. The van der Waals surface area contributed by atoms with Crippen LogP contribution in [0.15, 0.2) is 48.5 Å². The van der Waals surface area contributed by atoms with E-state index in [-0.39, 0.29) is 31.8 Å². The number of epoxide rings is 1. The lowest BCUT2D eigenvalue weighted by molar-refractivity contribution is -0.136. The van der Waals surface area contributed by atoms with E-state index in [1.54, 1.807) is 19.1 Å². The molecular formula is C40H59N7O8. The highest BCUT2D eigenvalue weighted by molar-refractivity contribution is 6.00. The van der Waals surface area contributed by atoms with Crippen LogP contribution in [0.4, 0.5) is 0 Å². The summed E-state index contributed by atoms with van der Waals surface area (Å²) in [6.45, 7) is 8.68. The van der Waals surface area contributed by atoms with E-state index >= 15 is 0 Å². The Hall–Kier alpha value is -4.70. The number of amides is 5. The lowest BCUT2D eigenvalue weighted by atomic mass is 10.0. The molecule has 0 radical (unpaired) electrons. The number of hydrogen-bond acceptors (Lipinski definition) is 10. The van der Waals surface area contributed by atoms with Gasteiger partial charge in [0, 0.05) is 5.56 Å². The van der Waals surface area contributed by atoms with Crippen LogP contribution >= 0.6 is 0 Å². The number of unbranched alkanes of at least 4 members (excludes halogenated alkanes) is 2. The molecule has 7 atom stereocenters. The van der Waals surface area contributed by atoms with Gasteiger partial charge in [0.25, 0.3) is 5.91 Å². The highest BCUT2D eigenvalue weighted by Gasteiger charge is 2.49. The second kappa shape index (κ2) is 21.4. The van der Waals surface area contributed by atoms with Crippen molar-refractivity contribution < 1.29 is 38.6 Å². The first kappa shape index (κ1) is 44.7. The summed E-state index contributed by atoms with van der Waals surface area (Å²) in [7, 11) is 0. The zero-order chi connectivity index (χ0) is 40.7. The molecule has 2 aromatic carbocycles.